The summed E-state index contributed by atoms with van der Waals surface area (Å²) < 4.78 is 5.13. The van der Waals surface area contributed by atoms with E-state index in [-0.39, 0.29) is 11.3 Å². The average Bonchev–Trinajstić information content (AvgIpc) is 2.70. The van der Waals surface area contributed by atoms with E-state index in [4.69, 9.17) is 4.74 Å². The van der Waals surface area contributed by atoms with Crippen molar-refractivity contribution in [2.45, 2.75) is 32.6 Å². The molecule has 0 saturated heterocycles. The molecule has 0 atom stereocenters. The third-order valence-electron chi connectivity index (χ3n) is 4.59. The van der Waals surface area contributed by atoms with Gasteiger partial charge in [0, 0.05) is 5.69 Å². The van der Waals surface area contributed by atoms with Gasteiger partial charge in [0.05, 0.1) is 25.4 Å². The third kappa shape index (κ3) is 5.82. The van der Waals surface area contributed by atoms with Gasteiger partial charge in [-0.2, -0.15) is 0 Å². The lowest BCUT2D eigenvalue weighted by atomic mass is 9.87. The van der Waals surface area contributed by atoms with E-state index in [2.05, 4.69) is 48.5 Å². The van der Waals surface area contributed by atoms with E-state index in [1.165, 1.54) is 5.56 Å². The molecule has 29 heavy (non-hydrogen) atoms. The van der Waals surface area contributed by atoms with E-state index < -0.39 is 0 Å². The van der Waals surface area contributed by atoms with Gasteiger partial charge >= 0.3 is 0 Å². The fourth-order valence-electron chi connectivity index (χ4n) is 2.88. The molecule has 5 heteroatoms. The van der Waals surface area contributed by atoms with Crippen LogP contribution in [0.3, 0.4) is 0 Å². The number of hydrogen-bond acceptors (Lipinski definition) is 4. The molecule has 0 aliphatic heterocycles. The monoisotopic (exact) mass is 389 g/mol. The number of ether oxygens (including phenoxy) is 1. The summed E-state index contributed by atoms with van der Waals surface area (Å²) in [7, 11) is 1.62. The molecule has 3 rings (SSSR count). The SMILES string of the molecule is COc1ccc(CC(=O)Nc2ccc(Nc3ccc(C(C)(C)C)cc3)nc2)cc1. The molecule has 2 N–H and O–H groups in total. The maximum Gasteiger partial charge on any atom is 0.228 e. The number of hydrogen-bond donors (Lipinski definition) is 2. The molecule has 1 amide bonds. The molecule has 1 heterocycles. The Bertz CT molecular complexity index is 941. The predicted octanol–water partition coefficient (Wildman–Crippen LogP) is 5.31. The van der Waals surface area contributed by atoms with Crippen LogP contribution in [0.5, 0.6) is 5.75 Å². The van der Waals surface area contributed by atoms with Crippen LogP contribution >= 0.6 is 0 Å². The first-order chi connectivity index (χ1) is 13.8. The minimum Gasteiger partial charge on any atom is -0.497 e. The second-order valence-electron chi connectivity index (χ2n) is 7.96. The fourth-order valence-corrected chi connectivity index (χ4v) is 2.88. The van der Waals surface area contributed by atoms with Gasteiger partial charge in [0.2, 0.25) is 5.91 Å². The standard InChI is InChI=1S/C24H27N3O2/c1-24(2,3)18-7-9-19(10-8-18)26-22-14-11-20(16-25-22)27-23(28)15-17-5-12-21(29-4)13-6-17/h5-14,16H,15H2,1-4H3,(H,25,26)(H,27,28). The van der Waals surface area contributed by atoms with Gasteiger partial charge in [0.1, 0.15) is 11.6 Å². The molecule has 0 saturated carbocycles. The zero-order valence-electron chi connectivity index (χ0n) is 17.3. The topological polar surface area (TPSA) is 63.2 Å². The van der Waals surface area contributed by atoms with Crippen LogP contribution < -0.4 is 15.4 Å². The van der Waals surface area contributed by atoms with Gasteiger partial charge in [-0.15, -0.1) is 0 Å². The first kappa shape index (κ1) is 20.4. The summed E-state index contributed by atoms with van der Waals surface area (Å²) in [5.41, 5.74) is 3.97. The quantitative estimate of drug-likeness (QED) is 0.599. The largest absolute Gasteiger partial charge is 0.497 e. The lowest BCUT2D eigenvalue weighted by Gasteiger charge is -2.19. The van der Waals surface area contributed by atoms with Crippen LogP contribution in [0.15, 0.2) is 66.9 Å². The Hall–Kier alpha value is -3.34. The van der Waals surface area contributed by atoms with Crippen molar-refractivity contribution in [3.05, 3.63) is 78.0 Å². The molecule has 2 aromatic carbocycles. The minimum absolute atomic E-state index is 0.0876. The number of pyridine rings is 1. The number of benzene rings is 2. The second-order valence-corrected chi connectivity index (χ2v) is 7.96. The summed E-state index contributed by atoms with van der Waals surface area (Å²) >= 11 is 0. The number of nitrogens with one attached hydrogen (secondary N) is 2. The van der Waals surface area contributed by atoms with Gasteiger partial charge < -0.3 is 15.4 Å². The third-order valence-corrected chi connectivity index (χ3v) is 4.59. The Morgan fingerprint density at radius 1 is 0.931 bits per heavy atom. The first-order valence-corrected chi connectivity index (χ1v) is 9.60. The fraction of sp³-hybridized carbons (Fsp3) is 0.250. The lowest BCUT2D eigenvalue weighted by Crippen LogP contribution is -2.14. The molecule has 0 unspecified atom stereocenters. The van der Waals surface area contributed by atoms with Crippen molar-refractivity contribution in [1.82, 2.24) is 4.98 Å². The highest BCUT2D eigenvalue weighted by atomic mass is 16.5. The van der Waals surface area contributed by atoms with Crippen molar-refractivity contribution in [2.24, 2.45) is 0 Å². The molecule has 0 aliphatic rings. The second kappa shape index (κ2) is 8.78. The highest BCUT2D eigenvalue weighted by molar-refractivity contribution is 5.92. The zero-order chi connectivity index (χ0) is 20.9. The molecule has 1 aromatic heterocycles. The molecular weight excluding hydrogens is 362 g/mol. The summed E-state index contributed by atoms with van der Waals surface area (Å²) in [5.74, 6) is 1.41. The van der Waals surface area contributed by atoms with Crippen molar-refractivity contribution >= 4 is 23.1 Å². The molecule has 0 fully saturated rings. The molecule has 0 bridgehead atoms. The van der Waals surface area contributed by atoms with Crippen LogP contribution in [0.25, 0.3) is 0 Å². The van der Waals surface area contributed by atoms with E-state index >= 15 is 0 Å². The zero-order valence-corrected chi connectivity index (χ0v) is 17.3. The Balaban J connectivity index is 1.56. The number of methoxy groups -OCH3 is 1. The summed E-state index contributed by atoms with van der Waals surface area (Å²) in [6.07, 6.45) is 1.95. The summed E-state index contributed by atoms with van der Waals surface area (Å²) in [6.45, 7) is 6.58. The molecule has 0 radical (unpaired) electrons. The van der Waals surface area contributed by atoms with Crippen LogP contribution in [-0.2, 0) is 16.6 Å². The van der Waals surface area contributed by atoms with Gasteiger partial charge in [-0.25, -0.2) is 4.98 Å². The van der Waals surface area contributed by atoms with E-state index in [9.17, 15) is 4.79 Å². The predicted molar refractivity (Wildman–Crippen MR) is 118 cm³/mol. The number of amides is 1. The van der Waals surface area contributed by atoms with Crippen LogP contribution in [0.2, 0.25) is 0 Å². The van der Waals surface area contributed by atoms with Crippen molar-refractivity contribution in [1.29, 1.82) is 0 Å². The van der Waals surface area contributed by atoms with Crippen LogP contribution in [-0.4, -0.2) is 18.0 Å². The highest BCUT2D eigenvalue weighted by Gasteiger charge is 2.12. The average molecular weight is 389 g/mol. The molecule has 5 nitrogen and oxygen atoms in total. The Morgan fingerprint density at radius 2 is 1.59 bits per heavy atom. The maximum absolute atomic E-state index is 12.2. The van der Waals surface area contributed by atoms with Crippen LogP contribution in [0.1, 0.15) is 31.9 Å². The number of nitrogens with zero attached hydrogens (tertiary/aromatic N) is 1. The number of anilines is 3. The Labute approximate surface area is 172 Å². The highest BCUT2D eigenvalue weighted by Crippen LogP contribution is 2.24. The van der Waals surface area contributed by atoms with Gasteiger partial charge in [-0.1, -0.05) is 45.0 Å². The number of rotatable bonds is 6. The van der Waals surface area contributed by atoms with E-state index in [0.717, 1.165) is 22.8 Å². The van der Waals surface area contributed by atoms with Crippen molar-refractivity contribution in [3.8, 4) is 5.75 Å². The normalized spacial score (nSPS) is 11.0. The van der Waals surface area contributed by atoms with E-state index in [0.29, 0.717) is 12.1 Å². The smallest absolute Gasteiger partial charge is 0.228 e. The van der Waals surface area contributed by atoms with Crippen LogP contribution in [0, 0.1) is 0 Å². The van der Waals surface area contributed by atoms with E-state index in [1.807, 2.05) is 48.5 Å². The van der Waals surface area contributed by atoms with Crippen LogP contribution in [0.4, 0.5) is 17.2 Å². The molecule has 3 aromatic rings. The van der Waals surface area contributed by atoms with Gasteiger partial charge in [-0.3, -0.25) is 4.79 Å². The number of aromatic nitrogens is 1. The molecule has 150 valence electrons. The van der Waals surface area contributed by atoms with Crippen molar-refractivity contribution in [3.63, 3.8) is 0 Å². The van der Waals surface area contributed by atoms with E-state index in [1.54, 1.807) is 13.3 Å². The summed E-state index contributed by atoms with van der Waals surface area (Å²) in [5, 5.41) is 6.15. The Kier molecular flexibility index (Phi) is 6.17. The summed E-state index contributed by atoms with van der Waals surface area (Å²) in [6, 6.07) is 19.5. The molecular formula is C24H27N3O2. The van der Waals surface area contributed by atoms with Crippen molar-refractivity contribution < 1.29 is 9.53 Å². The van der Waals surface area contributed by atoms with Crippen molar-refractivity contribution in [2.75, 3.05) is 17.7 Å². The molecule has 0 spiro atoms. The number of carbonyl (C=O) groups is 1. The minimum atomic E-state index is -0.0876. The first-order valence-electron chi connectivity index (χ1n) is 9.60. The Morgan fingerprint density at radius 3 is 2.14 bits per heavy atom. The summed E-state index contributed by atoms with van der Waals surface area (Å²) in [4.78, 5) is 16.6. The van der Waals surface area contributed by atoms with Gasteiger partial charge in [0.25, 0.3) is 0 Å². The lowest BCUT2D eigenvalue weighted by molar-refractivity contribution is -0.115. The van der Waals surface area contributed by atoms with Gasteiger partial charge in [0.15, 0.2) is 0 Å². The maximum atomic E-state index is 12.2. The molecule has 0 aliphatic carbocycles. The number of carbonyl (C=O) groups excluding carboxylic acids is 1. The van der Waals surface area contributed by atoms with Gasteiger partial charge in [-0.05, 0) is 52.9 Å².